The lowest BCUT2D eigenvalue weighted by atomic mass is 10.2. The van der Waals surface area contributed by atoms with E-state index in [9.17, 15) is 22.4 Å². The molecule has 0 spiro atoms. The van der Waals surface area contributed by atoms with Crippen LogP contribution in [0.5, 0.6) is 5.75 Å². The van der Waals surface area contributed by atoms with E-state index in [-0.39, 0.29) is 17.0 Å². The Balaban J connectivity index is 2.17. The SMILES string of the molecule is O=C(Nc1ccc(O)cc1F)c1ccc(C(F)(F)F)nc1. The van der Waals surface area contributed by atoms with Crippen LogP contribution in [0.4, 0.5) is 23.2 Å². The van der Waals surface area contributed by atoms with Gasteiger partial charge in [0.1, 0.15) is 17.3 Å². The predicted octanol–water partition coefficient (Wildman–Crippen LogP) is 3.20. The van der Waals surface area contributed by atoms with Crippen molar-refractivity contribution in [2.24, 2.45) is 0 Å². The number of alkyl halides is 3. The molecule has 0 radical (unpaired) electrons. The normalized spacial score (nSPS) is 11.2. The van der Waals surface area contributed by atoms with Crippen molar-refractivity contribution < 1.29 is 27.5 Å². The van der Waals surface area contributed by atoms with E-state index in [1.165, 1.54) is 0 Å². The maximum atomic E-state index is 13.4. The predicted molar refractivity (Wildman–Crippen MR) is 65.3 cm³/mol. The maximum Gasteiger partial charge on any atom is 0.433 e. The third-order valence-corrected chi connectivity index (χ3v) is 2.52. The average molecular weight is 300 g/mol. The second kappa shape index (κ2) is 5.39. The van der Waals surface area contributed by atoms with Crippen LogP contribution in [0.1, 0.15) is 16.1 Å². The fraction of sp³-hybridized carbons (Fsp3) is 0.0769. The number of pyridine rings is 1. The van der Waals surface area contributed by atoms with Crippen LogP contribution in [-0.4, -0.2) is 16.0 Å². The third-order valence-electron chi connectivity index (χ3n) is 2.52. The first-order chi connectivity index (χ1) is 9.77. The zero-order valence-corrected chi connectivity index (χ0v) is 10.3. The maximum absolute atomic E-state index is 13.4. The molecular weight excluding hydrogens is 292 g/mol. The van der Waals surface area contributed by atoms with Crippen molar-refractivity contribution in [2.75, 3.05) is 5.32 Å². The lowest BCUT2D eigenvalue weighted by Crippen LogP contribution is -2.15. The van der Waals surface area contributed by atoms with E-state index in [2.05, 4.69) is 10.3 Å². The molecule has 0 atom stereocenters. The number of nitrogens with one attached hydrogen (secondary N) is 1. The molecule has 0 unspecified atom stereocenters. The average Bonchev–Trinajstić information content (AvgIpc) is 2.41. The van der Waals surface area contributed by atoms with Crippen LogP contribution in [0, 0.1) is 5.82 Å². The second-order valence-corrected chi connectivity index (χ2v) is 4.05. The number of carbonyl (C=O) groups is 1. The molecule has 0 bridgehead atoms. The number of nitrogens with zero attached hydrogens (tertiary/aromatic N) is 1. The molecule has 1 heterocycles. The minimum absolute atomic E-state index is 0.157. The molecule has 2 N–H and O–H groups in total. The first kappa shape index (κ1) is 14.8. The van der Waals surface area contributed by atoms with Gasteiger partial charge in [-0.05, 0) is 24.3 Å². The van der Waals surface area contributed by atoms with Gasteiger partial charge in [0.15, 0.2) is 0 Å². The highest BCUT2D eigenvalue weighted by Gasteiger charge is 2.32. The largest absolute Gasteiger partial charge is 0.508 e. The van der Waals surface area contributed by atoms with Crippen LogP contribution >= 0.6 is 0 Å². The number of phenolic OH excluding ortho intramolecular Hbond substituents is 1. The van der Waals surface area contributed by atoms with Crippen molar-refractivity contribution in [2.45, 2.75) is 6.18 Å². The summed E-state index contributed by atoms with van der Waals surface area (Å²) in [5, 5.41) is 11.2. The standard InChI is InChI=1S/C13H8F4N2O2/c14-9-5-8(20)2-3-10(9)19-12(21)7-1-4-11(18-6-7)13(15,16)17/h1-6,20H,(H,19,21). The summed E-state index contributed by atoms with van der Waals surface area (Å²) in [5.74, 6) is -2.01. The monoisotopic (exact) mass is 300 g/mol. The van der Waals surface area contributed by atoms with Crippen LogP contribution in [0.3, 0.4) is 0 Å². The Morgan fingerprint density at radius 2 is 1.90 bits per heavy atom. The minimum atomic E-state index is -4.60. The fourth-order valence-corrected chi connectivity index (χ4v) is 1.50. The molecule has 1 aromatic heterocycles. The molecule has 2 rings (SSSR count). The summed E-state index contributed by atoms with van der Waals surface area (Å²) in [6.45, 7) is 0. The smallest absolute Gasteiger partial charge is 0.433 e. The Morgan fingerprint density at radius 3 is 2.43 bits per heavy atom. The van der Waals surface area contributed by atoms with Gasteiger partial charge in [-0.15, -0.1) is 0 Å². The number of halogens is 4. The molecule has 110 valence electrons. The topological polar surface area (TPSA) is 62.2 Å². The number of carbonyl (C=O) groups excluding carboxylic acids is 1. The quantitative estimate of drug-likeness (QED) is 0.661. The molecule has 21 heavy (non-hydrogen) atoms. The Labute approximate surface area is 116 Å². The third kappa shape index (κ3) is 3.47. The summed E-state index contributed by atoms with van der Waals surface area (Å²) in [6.07, 6.45) is -3.85. The van der Waals surface area contributed by atoms with Gasteiger partial charge in [0.05, 0.1) is 11.3 Å². The molecule has 1 amide bonds. The number of phenols is 1. The van der Waals surface area contributed by atoms with Crippen LogP contribution in [0.2, 0.25) is 0 Å². The van der Waals surface area contributed by atoms with E-state index in [1.807, 2.05) is 0 Å². The summed E-state index contributed by atoms with van der Waals surface area (Å²) < 4.78 is 50.4. The van der Waals surface area contributed by atoms with Gasteiger partial charge in [0, 0.05) is 12.3 Å². The first-order valence-electron chi connectivity index (χ1n) is 5.60. The molecule has 2 aromatic rings. The van der Waals surface area contributed by atoms with E-state index in [1.54, 1.807) is 0 Å². The fourth-order valence-electron chi connectivity index (χ4n) is 1.50. The van der Waals surface area contributed by atoms with Crippen molar-refractivity contribution in [1.82, 2.24) is 4.98 Å². The number of hydrogen-bond acceptors (Lipinski definition) is 3. The van der Waals surface area contributed by atoms with E-state index in [0.717, 1.165) is 30.5 Å². The van der Waals surface area contributed by atoms with Crippen LogP contribution < -0.4 is 5.32 Å². The molecule has 0 fully saturated rings. The van der Waals surface area contributed by atoms with E-state index in [0.29, 0.717) is 6.07 Å². The molecule has 0 aliphatic heterocycles. The van der Waals surface area contributed by atoms with Gasteiger partial charge in [-0.3, -0.25) is 9.78 Å². The van der Waals surface area contributed by atoms with Crippen LogP contribution in [0.25, 0.3) is 0 Å². The molecule has 4 nitrogen and oxygen atoms in total. The van der Waals surface area contributed by atoms with Crippen molar-refractivity contribution in [1.29, 1.82) is 0 Å². The van der Waals surface area contributed by atoms with Gasteiger partial charge in [-0.1, -0.05) is 0 Å². The summed E-state index contributed by atoms with van der Waals surface area (Å²) >= 11 is 0. The Bertz CT molecular complexity index is 669. The van der Waals surface area contributed by atoms with Crippen molar-refractivity contribution in [3.05, 3.63) is 53.6 Å². The summed E-state index contributed by atoms with van der Waals surface area (Å²) in [4.78, 5) is 14.9. The molecule has 0 saturated heterocycles. The summed E-state index contributed by atoms with van der Waals surface area (Å²) in [7, 11) is 0. The van der Waals surface area contributed by atoms with Gasteiger partial charge in [-0.25, -0.2) is 4.39 Å². The van der Waals surface area contributed by atoms with Gasteiger partial charge in [0.2, 0.25) is 0 Å². The molecule has 1 aromatic carbocycles. The Morgan fingerprint density at radius 1 is 1.19 bits per heavy atom. The van der Waals surface area contributed by atoms with Gasteiger partial charge >= 0.3 is 6.18 Å². The Hall–Kier alpha value is -2.64. The number of aromatic nitrogens is 1. The number of aromatic hydroxyl groups is 1. The number of amides is 1. The molecular formula is C13H8F4N2O2. The highest BCUT2D eigenvalue weighted by molar-refractivity contribution is 6.04. The zero-order chi connectivity index (χ0) is 15.6. The number of rotatable bonds is 2. The van der Waals surface area contributed by atoms with Gasteiger partial charge < -0.3 is 10.4 Å². The summed E-state index contributed by atoms with van der Waals surface area (Å²) in [5.41, 5.74) is -1.50. The lowest BCUT2D eigenvalue weighted by molar-refractivity contribution is -0.141. The van der Waals surface area contributed by atoms with Crippen LogP contribution in [0.15, 0.2) is 36.5 Å². The lowest BCUT2D eigenvalue weighted by Gasteiger charge is -2.08. The van der Waals surface area contributed by atoms with E-state index < -0.39 is 23.6 Å². The summed E-state index contributed by atoms with van der Waals surface area (Å²) in [6, 6.07) is 4.66. The van der Waals surface area contributed by atoms with Gasteiger partial charge in [0.25, 0.3) is 5.91 Å². The Kier molecular flexibility index (Phi) is 3.79. The molecule has 0 aliphatic carbocycles. The highest BCUT2D eigenvalue weighted by atomic mass is 19.4. The van der Waals surface area contributed by atoms with Gasteiger partial charge in [-0.2, -0.15) is 13.2 Å². The van der Waals surface area contributed by atoms with E-state index in [4.69, 9.17) is 5.11 Å². The molecule has 8 heteroatoms. The zero-order valence-electron chi connectivity index (χ0n) is 10.3. The number of anilines is 1. The molecule has 0 saturated carbocycles. The highest BCUT2D eigenvalue weighted by Crippen LogP contribution is 2.27. The van der Waals surface area contributed by atoms with Crippen molar-refractivity contribution in [3.63, 3.8) is 0 Å². The number of benzene rings is 1. The number of hydrogen-bond donors (Lipinski definition) is 2. The first-order valence-corrected chi connectivity index (χ1v) is 5.60. The molecule has 0 aliphatic rings. The second-order valence-electron chi connectivity index (χ2n) is 4.05. The van der Waals surface area contributed by atoms with Crippen LogP contribution in [-0.2, 0) is 6.18 Å². The van der Waals surface area contributed by atoms with Crippen molar-refractivity contribution >= 4 is 11.6 Å². The van der Waals surface area contributed by atoms with E-state index >= 15 is 0 Å². The van der Waals surface area contributed by atoms with Crippen molar-refractivity contribution in [3.8, 4) is 5.75 Å². The minimum Gasteiger partial charge on any atom is -0.508 e.